The molecular weight excluding hydrogens is 335 g/mol. The quantitative estimate of drug-likeness (QED) is 0.647. The van der Waals surface area contributed by atoms with E-state index in [9.17, 15) is 4.39 Å². The van der Waals surface area contributed by atoms with Crippen molar-refractivity contribution in [1.29, 1.82) is 5.41 Å². The first-order chi connectivity index (χ1) is 8.84. The van der Waals surface area contributed by atoms with E-state index in [4.69, 9.17) is 22.7 Å². The van der Waals surface area contributed by atoms with Crippen molar-refractivity contribution in [3.63, 3.8) is 0 Å². The second kappa shape index (κ2) is 4.94. The number of aromatic nitrogens is 2. The van der Waals surface area contributed by atoms with Gasteiger partial charge in [0, 0.05) is 5.56 Å². The number of hydrogen-bond acceptors (Lipinski definition) is 2. The lowest BCUT2D eigenvalue weighted by atomic mass is 10.2. The predicted molar refractivity (Wildman–Crippen MR) is 76.7 cm³/mol. The molecule has 2 aromatic rings. The summed E-state index contributed by atoms with van der Waals surface area (Å²) in [5.41, 5.74) is 7.21. The van der Waals surface area contributed by atoms with Gasteiger partial charge in [0.2, 0.25) is 0 Å². The number of rotatable bonds is 2. The molecule has 0 fully saturated rings. The molecule has 0 aliphatic rings. The van der Waals surface area contributed by atoms with Crippen molar-refractivity contribution in [1.82, 2.24) is 9.78 Å². The minimum absolute atomic E-state index is 0.140. The van der Waals surface area contributed by atoms with Crippen LogP contribution in [0.3, 0.4) is 0 Å². The van der Waals surface area contributed by atoms with E-state index >= 15 is 0 Å². The van der Waals surface area contributed by atoms with Crippen LogP contribution in [0.15, 0.2) is 16.6 Å². The molecule has 0 bridgehead atoms. The lowest BCUT2D eigenvalue weighted by molar-refractivity contribution is 0.601. The highest BCUT2D eigenvalue weighted by Gasteiger charge is 2.18. The van der Waals surface area contributed by atoms with Crippen LogP contribution in [0.4, 0.5) is 4.39 Å². The second-order valence-corrected chi connectivity index (χ2v) is 5.24. The zero-order valence-corrected chi connectivity index (χ0v) is 12.6. The van der Waals surface area contributed by atoms with E-state index in [-0.39, 0.29) is 16.0 Å². The Hall–Kier alpha value is -1.40. The van der Waals surface area contributed by atoms with Crippen LogP contribution in [0.25, 0.3) is 5.69 Å². The molecular formula is C12H11BrClFN4. The van der Waals surface area contributed by atoms with Gasteiger partial charge in [-0.05, 0) is 41.9 Å². The molecule has 1 heterocycles. The Morgan fingerprint density at radius 2 is 2.11 bits per heavy atom. The minimum Gasteiger partial charge on any atom is -0.384 e. The highest BCUT2D eigenvalue weighted by atomic mass is 79.9. The number of nitrogens with two attached hydrogens (primary N) is 1. The standard InChI is InChI=1S/C12H11BrClFN4/c1-5-10(14)6(2)19(18-5)8-4-3-7(12(16)17)9(13)11(8)15/h3-4H,1-2H3,(H3,16,17). The van der Waals surface area contributed by atoms with Gasteiger partial charge in [-0.1, -0.05) is 11.6 Å². The van der Waals surface area contributed by atoms with E-state index in [1.54, 1.807) is 19.9 Å². The molecule has 2 rings (SSSR count). The van der Waals surface area contributed by atoms with Crippen molar-refractivity contribution >= 4 is 33.4 Å². The molecule has 0 saturated carbocycles. The van der Waals surface area contributed by atoms with Gasteiger partial charge in [0.1, 0.15) is 11.5 Å². The van der Waals surface area contributed by atoms with Crippen LogP contribution in [0.2, 0.25) is 5.02 Å². The Labute approximate surface area is 123 Å². The fraction of sp³-hybridized carbons (Fsp3) is 0.167. The molecule has 100 valence electrons. The first-order valence-corrected chi connectivity index (χ1v) is 6.56. The average molecular weight is 346 g/mol. The molecule has 0 atom stereocenters. The van der Waals surface area contributed by atoms with Gasteiger partial charge in [0.25, 0.3) is 0 Å². The number of nitrogens with zero attached hydrogens (tertiary/aromatic N) is 2. The van der Waals surface area contributed by atoms with E-state index in [1.807, 2.05) is 0 Å². The smallest absolute Gasteiger partial charge is 0.163 e. The molecule has 0 aliphatic carbocycles. The van der Waals surface area contributed by atoms with Crippen LogP contribution in [0.1, 0.15) is 17.0 Å². The maximum absolute atomic E-state index is 14.3. The number of benzene rings is 1. The monoisotopic (exact) mass is 344 g/mol. The number of nitrogen functional groups attached to an aromatic ring is 1. The Bertz CT molecular complexity index is 681. The zero-order chi connectivity index (χ0) is 14.3. The molecule has 1 aromatic carbocycles. The third kappa shape index (κ3) is 2.26. The van der Waals surface area contributed by atoms with E-state index in [1.165, 1.54) is 10.7 Å². The summed E-state index contributed by atoms with van der Waals surface area (Å²) in [5.74, 6) is -0.737. The number of aryl methyl sites for hydroxylation is 1. The summed E-state index contributed by atoms with van der Waals surface area (Å²) in [6, 6.07) is 3.09. The highest BCUT2D eigenvalue weighted by Crippen LogP contribution is 2.29. The highest BCUT2D eigenvalue weighted by molar-refractivity contribution is 9.10. The van der Waals surface area contributed by atoms with Gasteiger partial charge < -0.3 is 5.73 Å². The van der Waals surface area contributed by atoms with Crippen molar-refractivity contribution in [2.75, 3.05) is 0 Å². The third-order valence-corrected chi connectivity index (χ3v) is 4.11. The fourth-order valence-corrected chi connectivity index (χ4v) is 2.44. The van der Waals surface area contributed by atoms with Gasteiger partial charge in [-0.25, -0.2) is 9.07 Å². The SMILES string of the molecule is Cc1nn(-c2ccc(C(=N)N)c(Br)c2F)c(C)c1Cl. The molecule has 0 unspecified atom stereocenters. The Balaban J connectivity index is 2.67. The van der Waals surface area contributed by atoms with Crippen molar-refractivity contribution in [2.45, 2.75) is 13.8 Å². The number of amidine groups is 1. The van der Waals surface area contributed by atoms with Gasteiger partial charge >= 0.3 is 0 Å². The topological polar surface area (TPSA) is 67.7 Å². The molecule has 3 N–H and O–H groups in total. The number of halogens is 3. The van der Waals surface area contributed by atoms with Crippen molar-refractivity contribution in [3.05, 3.63) is 44.4 Å². The van der Waals surface area contributed by atoms with Gasteiger partial charge in [-0.15, -0.1) is 0 Å². The van der Waals surface area contributed by atoms with E-state index < -0.39 is 5.82 Å². The summed E-state index contributed by atoms with van der Waals surface area (Å²) in [6.07, 6.45) is 0. The van der Waals surface area contributed by atoms with Crippen LogP contribution in [0, 0.1) is 25.1 Å². The molecule has 0 radical (unpaired) electrons. The summed E-state index contributed by atoms with van der Waals surface area (Å²) >= 11 is 9.16. The third-order valence-electron chi connectivity index (χ3n) is 2.78. The molecule has 0 amide bonds. The lowest BCUT2D eigenvalue weighted by Gasteiger charge is -2.10. The van der Waals surface area contributed by atoms with Crippen molar-refractivity contribution < 1.29 is 4.39 Å². The first-order valence-electron chi connectivity index (χ1n) is 5.39. The summed E-state index contributed by atoms with van der Waals surface area (Å²) in [7, 11) is 0. The molecule has 0 spiro atoms. The second-order valence-electron chi connectivity index (χ2n) is 4.07. The molecule has 0 aliphatic heterocycles. The Kier molecular flexibility index (Phi) is 3.64. The zero-order valence-electron chi connectivity index (χ0n) is 10.3. The normalized spacial score (nSPS) is 10.8. The Morgan fingerprint density at radius 1 is 1.47 bits per heavy atom. The van der Waals surface area contributed by atoms with Crippen molar-refractivity contribution in [3.8, 4) is 5.69 Å². The summed E-state index contributed by atoms with van der Waals surface area (Å²) in [6.45, 7) is 3.51. The van der Waals surface area contributed by atoms with Gasteiger partial charge in [-0.2, -0.15) is 5.10 Å². The summed E-state index contributed by atoms with van der Waals surface area (Å²) in [5, 5.41) is 12.1. The predicted octanol–water partition coefficient (Wildman–Crippen LogP) is 3.33. The largest absolute Gasteiger partial charge is 0.384 e. The molecule has 19 heavy (non-hydrogen) atoms. The average Bonchev–Trinajstić information content (AvgIpc) is 2.60. The number of nitrogens with one attached hydrogen (secondary N) is 1. The fourth-order valence-electron chi connectivity index (χ4n) is 1.77. The molecule has 1 aromatic heterocycles. The van der Waals surface area contributed by atoms with E-state index in [0.717, 1.165) is 0 Å². The maximum Gasteiger partial charge on any atom is 0.163 e. The number of hydrogen-bond donors (Lipinski definition) is 2. The van der Waals surface area contributed by atoms with E-state index in [0.29, 0.717) is 22.0 Å². The minimum atomic E-state index is -0.532. The van der Waals surface area contributed by atoms with Gasteiger partial charge in [0.05, 0.1) is 20.9 Å². The van der Waals surface area contributed by atoms with Crippen LogP contribution < -0.4 is 5.73 Å². The molecule has 0 saturated heterocycles. The molecule has 7 heteroatoms. The van der Waals surface area contributed by atoms with Gasteiger partial charge in [0.15, 0.2) is 5.82 Å². The summed E-state index contributed by atoms with van der Waals surface area (Å²) in [4.78, 5) is 0. The first kappa shape index (κ1) is 14.0. The summed E-state index contributed by atoms with van der Waals surface area (Å²) < 4.78 is 15.9. The van der Waals surface area contributed by atoms with E-state index in [2.05, 4.69) is 21.0 Å². The van der Waals surface area contributed by atoms with Crippen LogP contribution in [-0.4, -0.2) is 15.6 Å². The van der Waals surface area contributed by atoms with Crippen molar-refractivity contribution in [2.24, 2.45) is 5.73 Å². The maximum atomic E-state index is 14.3. The van der Waals surface area contributed by atoms with Crippen LogP contribution >= 0.6 is 27.5 Å². The lowest BCUT2D eigenvalue weighted by Crippen LogP contribution is -2.14. The molecule has 4 nitrogen and oxygen atoms in total. The van der Waals surface area contributed by atoms with Crippen LogP contribution in [0.5, 0.6) is 0 Å². The van der Waals surface area contributed by atoms with Gasteiger partial charge in [-0.3, -0.25) is 5.41 Å². The Morgan fingerprint density at radius 3 is 2.58 bits per heavy atom. The van der Waals surface area contributed by atoms with Crippen LogP contribution in [-0.2, 0) is 0 Å².